The van der Waals surface area contributed by atoms with E-state index >= 15 is 0 Å². The highest BCUT2D eigenvalue weighted by Gasteiger charge is 2.40. The predicted octanol–water partition coefficient (Wildman–Crippen LogP) is 3.08. The largest absolute Gasteiger partial charge is 0.352 e. The molecule has 2 unspecified atom stereocenters. The number of hydrogen-bond donors (Lipinski definition) is 1. The van der Waals surface area contributed by atoms with Crippen molar-refractivity contribution in [2.24, 2.45) is 0 Å². The van der Waals surface area contributed by atoms with E-state index in [1.165, 1.54) is 29.2 Å². The molecular weight excluding hydrogens is 473 g/mol. The van der Waals surface area contributed by atoms with Crippen molar-refractivity contribution in [3.8, 4) is 0 Å². The van der Waals surface area contributed by atoms with Crippen molar-refractivity contribution in [1.29, 1.82) is 0 Å². The van der Waals surface area contributed by atoms with Crippen LogP contribution in [0.2, 0.25) is 0 Å². The van der Waals surface area contributed by atoms with Gasteiger partial charge in [-0.3, -0.25) is 14.4 Å². The fourth-order valence-corrected chi connectivity index (χ4v) is 5.41. The third kappa shape index (κ3) is 5.87. The van der Waals surface area contributed by atoms with Crippen molar-refractivity contribution in [1.82, 2.24) is 14.5 Å². The summed E-state index contributed by atoms with van der Waals surface area (Å²) < 4.78 is 39.6. The molecule has 0 spiro atoms. The van der Waals surface area contributed by atoms with Crippen LogP contribution < -0.4 is 5.32 Å². The number of rotatable bonds is 10. The van der Waals surface area contributed by atoms with Crippen molar-refractivity contribution in [3.05, 3.63) is 65.5 Å². The lowest BCUT2D eigenvalue weighted by molar-refractivity contribution is -0.141. The summed E-state index contributed by atoms with van der Waals surface area (Å²) >= 11 is 0. The molecule has 35 heavy (non-hydrogen) atoms. The zero-order valence-corrected chi connectivity index (χ0v) is 20.8. The monoisotopic (exact) mass is 503 g/mol. The van der Waals surface area contributed by atoms with E-state index in [0.29, 0.717) is 5.56 Å². The molecule has 1 aliphatic heterocycles. The highest BCUT2D eigenvalue weighted by atomic mass is 32.2. The number of nitrogens with one attached hydrogen (secondary N) is 1. The van der Waals surface area contributed by atoms with Crippen LogP contribution in [0.4, 0.5) is 4.39 Å². The highest BCUT2D eigenvalue weighted by Crippen LogP contribution is 2.30. The Bertz CT molecular complexity index is 1200. The topological polar surface area (TPSA) is 104 Å². The molecule has 0 saturated carbocycles. The molecule has 2 aromatic carbocycles. The van der Waals surface area contributed by atoms with Crippen molar-refractivity contribution in [2.45, 2.75) is 63.6 Å². The summed E-state index contributed by atoms with van der Waals surface area (Å²) in [7, 11) is -3.95. The Kier molecular flexibility index (Phi) is 8.26. The normalized spacial score (nSPS) is 15.9. The van der Waals surface area contributed by atoms with Crippen LogP contribution in [0.1, 0.15) is 56.0 Å². The first-order chi connectivity index (χ1) is 16.6. The molecule has 0 bridgehead atoms. The third-order valence-electron chi connectivity index (χ3n) is 6.10. The van der Waals surface area contributed by atoms with E-state index in [9.17, 15) is 27.2 Å². The average molecular weight is 504 g/mol. The van der Waals surface area contributed by atoms with E-state index in [1.54, 1.807) is 31.2 Å². The molecule has 1 N–H and O–H groups in total. The third-order valence-corrected chi connectivity index (χ3v) is 7.94. The number of benzene rings is 2. The summed E-state index contributed by atoms with van der Waals surface area (Å²) in [5.41, 5.74) is 0.766. The van der Waals surface area contributed by atoms with Crippen molar-refractivity contribution in [3.63, 3.8) is 0 Å². The van der Waals surface area contributed by atoms with Gasteiger partial charge in [0.15, 0.2) is 0 Å². The number of sulfonamides is 1. The molecule has 2 atom stereocenters. The van der Waals surface area contributed by atoms with Gasteiger partial charge >= 0.3 is 0 Å². The van der Waals surface area contributed by atoms with Crippen LogP contribution in [0.15, 0.2) is 53.4 Å². The van der Waals surface area contributed by atoms with Crippen LogP contribution >= 0.6 is 0 Å². The standard InChI is InChI=1S/C25H30FN3O5S/c1-4-17(2)27-24(31)18(3)28(16-19-11-13-20(26)14-12-19)23(30)10-7-15-29-25(32)21-8-5-6-9-22(21)35(29,33)34/h5-6,8-9,11-14,17-18H,4,7,10,15-16H2,1-3H3,(H,27,31). The van der Waals surface area contributed by atoms with E-state index in [4.69, 9.17) is 0 Å². The molecule has 8 nitrogen and oxygen atoms in total. The molecule has 0 fully saturated rings. The van der Waals surface area contributed by atoms with Gasteiger partial charge < -0.3 is 10.2 Å². The molecule has 0 aliphatic carbocycles. The quantitative estimate of drug-likeness (QED) is 0.537. The fourth-order valence-electron chi connectivity index (χ4n) is 3.80. The zero-order chi connectivity index (χ0) is 25.8. The lowest BCUT2D eigenvalue weighted by atomic mass is 10.1. The molecule has 0 aromatic heterocycles. The Morgan fingerprint density at radius 2 is 1.74 bits per heavy atom. The predicted molar refractivity (Wildman–Crippen MR) is 128 cm³/mol. The summed E-state index contributed by atoms with van der Waals surface area (Å²) in [4.78, 5) is 39.9. The zero-order valence-electron chi connectivity index (χ0n) is 20.0. The van der Waals surface area contributed by atoms with Crippen molar-refractivity contribution < 1.29 is 27.2 Å². The summed E-state index contributed by atoms with van der Waals surface area (Å²) in [5.74, 6) is -1.71. The summed E-state index contributed by atoms with van der Waals surface area (Å²) in [6.45, 7) is 5.34. The molecular formula is C25H30FN3O5S. The lowest BCUT2D eigenvalue weighted by Gasteiger charge is -2.30. The Morgan fingerprint density at radius 3 is 2.37 bits per heavy atom. The molecule has 188 valence electrons. The van der Waals surface area contributed by atoms with Crippen molar-refractivity contribution in [2.75, 3.05) is 6.54 Å². The molecule has 1 aliphatic rings. The van der Waals surface area contributed by atoms with Crippen LogP contribution in [0.25, 0.3) is 0 Å². The molecule has 1 heterocycles. The molecule has 0 saturated heterocycles. The first-order valence-corrected chi connectivity index (χ1v) is 13.0. The van der Waals surface area contributed by atoms with Gasteiger partial charge in [-0.15, -0.1) is 0 Å². The van der Waals surface area contributed by atoms with Crippen LogP contribution in [-0.4, -0.2) is 54.0 Å². The number of carbonyl (C=O) groups is 3. The van der Waals surface area contributed by atoms with E-state index in [1.807, 2.05) is 13.8 Å². The maximum atomic E-state index is 13.3. The van der Waals surface area contributed by atoms with Crippen LogP contribution in [0.3, 0.4) is 0 Å². The number of nitrogens with zero attached hydrogens (tertiary/aromatic N) is 2. The molecule has 0 radical (unpaired) electrons. The van der Waals surface area contributed by atoms with Crippen LogP contribution in [0, 0.1) is 5.82 Å². The highest BCUT2D eigenvalue weighted by molar-refractivity contribution is 7.90. The molecule has 3 rings (SSSR count). The SMILES string of the molecule is CCC(C)NC(=O)C(C)N(Cc1ccc(F)cc1)C(=O)CCCN1C(=O)c2ccccc2S1(=O)=O. The number of hydrogen-bond acceptors (Lipinski definition) is 5. The Morgan fingerprint density at radius 1 is 1.09 bits per heavy atom. The van der Waals surface area contributed by atoms with Gasteiger partial charge in [0, 0.05) is 25.6 Å². The Balaban J connectivity index is 1.71. The minimum absolute atomic E-state index is 0.0374. The van der Waals surface area contributed by atoms with Gasteiger partial charge in [-0.25, -0.2) is 17.1 Å². The number of amides is 3. The van der Waals surface area contributed by atoms with Gasteiger partial charge in [0.25, 0.3) is 15.9 Å². The molecule has 2 aromatic rings. The summed E-state index contributed by atoms with van der Waals surface area (Å²) in [6, 6.07) is 10.8. The molecule has 3 amide bonds. The number of fused-ring (bicyclic) bond motifs is 1. The second kappa shape index (κ2) is 11.0. The van der Waals surface area contributed by atoms with Crippen LogP contribution in [0.5, 0.6) is 0 Å². The average Bonchev–Trinajstić information content (AvgIpc) is 3.03. The Labute approximate surface area is 205 Å². The Hall–Kier alpha value is -3.27. The second-order valence-corrected chi connectivity index (χ2v) is 10.5. The van der Waals surface area contributed by atoms with Gasteiger partial charge in [-0.2, -0.15) is 0 Å². The molecule has 10 heteroatoms. The van der Waals surface area contributed by atoms with E-state index < -0.39 is 27.8 Å². The first kappa shape index (κ1) is 26.3. The van der Waals surface area contributed by atoms with E-state index in [0.717, 1.165) is 10.7 Å². The van der Waals surface area contributed by atoms with E-state index in [-0.39, 0.29) is 54.2 Å². The minimum Gasteiger partial charge on any atom is -0.352 e. The summed E-state index contributed by atoms with van der Waals surface area (Å²) in [6.07, 6.45) is 0.750. The first-order valence-electron chi connectivity index (χ1n) is 11.6. The fraction of sp³-hybridized carbons (Fsp3) is 0.400. The second-order valence-electron chi connectivity index (χ2n) is 8.62. The van der Waals surface area contributed by atoms with Crippen molar-refractivity contribution >= 4 is 27.7 Å². The number of carbonyl (C=O) groups excluding carboxylic acids is 3. The van der Waals surface area contributed by atoms with E-state index in [2.05, 4.69) is 5.32 Å². The minimum atomic E-state index is -3.95. The van der Waals surface area contributed by atoms with Gasteiger partial charge in [-0.1, -0.05) is 31.2 Å². The maximum Gasteiger partial charge on any atom is 0.269 e. The number of halogens is 1. The van der Waals surface area contributed by atoms with Crippen LogP contribution in [-0.2, 0) is 26.2 Å². The van der Waals surface area contributed by atoms with Gasteiger partial charge in [0.05, 0.1) is 5.56 Å². The smallest absolute Gasteiger partial charge is 0.269 e. The van der Waals surface area contributed by atoms with Gasteiger partial charge in [0.2, 0.25) is 11.8 Å². The summed E-state index contributed by atoms with van der Waals surface area (Å²) in [5, 5.41) is 2.86. The lowest BCUT2D eigenvalue weighted by Crippen LogP contribution is -2.49. The maximum absolute atomic E-state index is 13.3. The van der Waals surface area contributed by atoms with Gasteiger partial charge in [0.1, 0.15) is 16.8 Å². The van der Waals surface area contributed by atoms with Gasteiger partial charge in [-0.05, 0) is 56.5 Å².